The van der Waals surface area contributed by atoms with Crippen LogP contribution in [0.25, 0.3) is 0 Å². The number of quaternary nitrogens is 1. The van der Waals surface area contributed by atoms with Crippen LogP contribution in [0.5, 0.6) is 0 Å². The average molecular weight is 457 g/mol. The van der Waals surface area contributed by atoms with Crippen molar-refractivity contribution in [2.24, 2.45) is 0 Å². The molecule has 1 aliphatic rings. The molecule has 0 aromatic heterocycles. The SMILES string of the molecule is Cc1ccc(C)c(S(=O)(=O)N2CC[NH+](CC(=O)Nc3cc(Cl)cc(Cl)c3)CC2)c1. The van der Waals surface area contributed by atoms with Crippen molar-refractivity contribution in [3.8, 4) is 0 Å². The van der Waals surface area contributed by atoms with Crippen molar-refractivity contribution >= 4 is 44.8 Å². The summed E-state index contributed by atoms with van der Waals surface area (Å²) in [5, 5.41) is 3.69. The van der Waals surface area contributed by atoms with Crippen LogP contribution >= 0.6 is 23.2 Å². The first kappa shape index (κ1) is 22.1. The molecule has 0 aliphatic carbocycles. The van der Waals surface area contributed by atoms with E-state index in [0.717, 1.165) is 16.0 Å². The van der Waals surface area contributed by atoms with E-state index in [1.54, 1.807) is 31.2 Å². The first-order valence-corrected chi connectivity index (χ1v) is 11.5. The number of amides is 1. The Morgan fingerprint density at radius 1 is 1.07 bits per heavy atom. The number of hydrogen-bond donors (Lipinski definition) is 2. The second kappa shape index (κ2) is 9.02. The number of benzene rings is 2. The van der Waals surface area contributed by atoms with Gasteiger partial charge in [0.1, 0.15) is 0 Å². The summed E-state index contributed by atoms with van der Waals surface area (Å²) in [7, 11) is -3.54. The zero-order valence-electron chi connectivity index (χ0n) is 16.3. The van der Waals surface area contributed by atoms with Gasteiger partial charge in [-0.05, 0) is 49.2 Å². The average Bonchev–Trinajstić information content (AvgIpc) is 2.63. The second-order valence-corrected chi connectivity index (χ2v) is 10.1. The van der Waals surface area contributed by atoms with Gasteiger partial charge in [0.15, 0.2) is 6.54 Å². The molecule has 0 unspecified atom stereocenters. The number of rotatable bonds is 5. The molecule has 156 valence electrons. The van der Waals surface area contributed by atoms with Crippen molar-refractivity contribution in [2.45, 2.75) is 18.7 Å². The van der Waals surface area contributed by atoms with Gasteiger partial charge in [0, 0.05) is 15.7 Å². The summed E-state index contributed by atoms with van der Waals surface area (Å²) >= 11 is 11.9. The number of hydrogen-bond acceptors (Lipinski definition) is 3. The summed E-state index contributed by atoms with van der Waals surface area (Å²) in [4.78, 5) is 13.7. The number of nitrogens with zero attached hydrogens (tertiary/aromatic N) is 1. The van der Waals surface area contributed by atoms with E-state index in [1.807, 2.05) is 19.1 Å². The van der Waals surface area contributed by atoms with Crippen LogP contribution in [0.15, 0.2) is 41.3 Å². The van der Waals surface area contributed by atoms with Crippen molar-refractivity contribution in [3.05, 3.63) is 57.6 Å². The number of sulfonamides is 1. The summed E-state index contributed by atoms with van der Waals surface area (Å²) in [6.45, 7) is 5.82. The Balaban J connectivity index is 1.58. The quantitative estimate of drug-likeness (QED) is 0.723. The maximum atomic E-state index is 13.0. The Morgan fingerprint density at radius 2 is 1.69 bits per heavy atom. The van der Waals surface area contributed by atoms with Crippen LogP contribution in [0.4, 0.5) is 5.69 Å². The first-order valence-electron chi connectivity index (χ1n) is 9.32. The normalized spacial score (nSPS) is 16.0. The van der Waals surface area contributed by atoms with Gasteiger partial charge >= 0.3 is 0 Å². The van der Waals surface area contributed by atoms with Crippen LogP contribution in [0.1, 0.15) is 11.1 Å². The zero-order chi connectivity index (χ0) is 21.2. The molecule has 9 heteroatoms. The third-order valence-corrected chi connectivity index (χ3v) is 7.42. The number of aryl methyl sites for hydroxylation is 2. The Bertz CT molecular complexity index is 999. The zero-order valence-corrected chi connectivity index (χ0v) is 18.7. The monoisotopic (exact) mass is 456 g/mol. The summed E-state index contributed by atoms with van der Waals surface area (Å²) < 4.78 is 27.5. The highest BCUT2D eigenvalue weighted by molar-refractivity contribution is 7.89. The minimum Gasteiger partial charge on any atom is -0.325 e. The summed E-state index contributed by atoms with van der Waals surface area (Å²) in [5.74, 6) is -0.163. The fourth-order valence-electron chi connectivity index (χ4n) is 3.40. The maximum absolute atomic E-state index is 13.0. The highest BCUT2D eigenvalue weighted by Gasteiger charge is 2.32. The Kier molecular flexibility index (Phi) is 6.86. The highest BCUT2D eigenvalue weighted by atomic mass is 35.5. The molecule has 1 aliphatic heterocycles. The maximum Gasteiger partial charge on any atom is 0.279 e. The lowest BCUT2D eigenvalue weighted by Gasteiger charge is -2.31. The van der Waals surface area contributed by atoms with Crippen molar-refractivity contribution in [1.82, 2.24) is 4.31 Å². The molecule has 0 bridgehead atoms. The Labute approximate surface area is 181 Å². The largest absolute Gasteiger partial charge is 0.325 e. The van der Waals surface area contributed by atoms with E-state index in [0.29, 0.717) is 46.8 Å². The second-order valence-electron chi connectivity index (χ2n) is 7.31. The standard InChI is InChI=1S/C20H23Cl2N3O3S/c1-14-3-4-15(2)19(9-14)29(27,28)25-7-5-24(6-8-25)13-20(26)23-18-11-16(21)10-17(22)12-18/h3-4,9-12H,5-8,13H2,1-2H3,(H,23,26)/p+1. The molecular formula is C20H24Cl2N3O3S+. The summed E-state index contributed by atoms with van der Waals surface area (Å²) in [5.41, 5.74) is 2.20. The van der Waals surface area contributed by atoms with Crippen LogP contribution in [0, 0.1) is 13.8 Å². The molecule has 1 amide bonds. The molecule has 29 heavy (non-hydrogen) atoms. The lowest BCUT2D eigenvalue weighted by Crippen LogP contribution is -3.15. The van der Waals surface area contributed by atoms with Gasteiger partial charge in [0.2, 0.25) is 10.0 Å². The van der Waals surface area contributed by atoms with E-state index in [9.17, 15) is 13.2 Å². The molecule has 1 heterocycles. The molecule has 3 rings (SSSR count). The minimum atomic E-state index is -3.54. The van der Waals surface area contributed by atoms with Crippen molar-refractivity contribution in [3.63, 3.8) is 0 Å². The summed E-state index contributed by atoms with van der Waals surface area (Å²) in [6.07, 6.45) is 0. The lowest BCUT2D eigenvalue weighted by atomic mass is 10.2. The van der Waals surface area contributed by atoms with E-state index in [4.69, 9.17) is 23.2 Å². The van der Waals surface area contributed by atoms with E-state index >= 15 is 0 Å². The van der Waals surface area contributed by atoms with Gasteiger partial charge in [-0.25, -0.2) is 8.42 Å². The smallest absolute Gasteiger partial charge is 0.279 e. The third-order valence-electron chi connectivity index (χ3n) is 4.95. The molecule has 6 nitrogen and oxygen atoms in total. The number of halogens is 2. The molecule has 0 saturated carbocycles. The molecular weight excluding hydrogens is 433 g/mol. The number of anilines is 1. The third kappa shape index (κ3) is 5.49. The number of piperazine rings is 1. The molecule has 0 atom stereocenters. The number of carbonyl (C=O) groups excluding carboxylic acids is 1. The van der Waals surface area contributed by atoms with Gasteiger partial charge in [0.25, 0.3) is 5.91 Å². The van der Waals surface area contributed by atoms with E-state index in [-0.39, 0.29) is 12.5 Å². The van der Waals surface area contributed by atoms with Gasteiger partial charge in [-0.2, -0.15) is 4.31 Å². The van der Waals surface area contributed by atoms with Gasteiger partial charge in [-0.1, -0.05) is 35.3 Å². The highest BCUT2D eigenvalue weighted by Crippen LogP contribution is 2.23. The number of nitrogens with one attached hydrogen (secondary N) is 2. The van der Waals surface area contributed by atoms with Crippen molar-refractivity contribution in [2.75, 3.05) is 38.0 Å². The molecule has 2 aromatic rings. The lowest BCUT2D eigenvalue weighted by molar-refractivity contribution is -0.895. The van der Waals surface area contributed by atoms with Crippen LogP contribution < -0.4 is 10.2 Å². The van der Waals surface area contributed by atoms with Gasteiger partial charge in [-0.15, -0.1) is 0 Å². The van der Waals surface area contributed by atoms with E-state index in [1.165, 1.54) is 4.31 Å². The molecule has 1 saturated heterocycles. The van der Waals surface area contributed by atoms with Crippen LogP contribution in [-0.4, -0.2) is 51.4 Å². The topological polar surface area (TPSA) is 70.9 Å². The van der Waals surface area contributed by atoms with Gasteiger partial charge in [-0.3, -0.25) is 4.79 Å². The molecule has 2 N–H and O–H groups in total. The minimum absolute atomic E-state index is 0.163. The predicted molar refractivity (Wildman–Crippen MR) is 115 cm³/mol. The Morgan fingerprint density at radius 3 is 2.31 bits per heavy atom. The fraction of sp³-hybridized carbons (Fsp3) is 0.350. The van der Waals surface area contributed by atoms with Crippen LogP contribution in [-0.2, 0) is 14.8 Å². The van der Waals surface area contributed by atoms with E-state index in [2.05, 4.69) is 5.32 Å². The first-order chi connectivity index (χ1) is 13.6. The van der Waals surface area contributed by atoms with Crippen molar-refractivity contribution < 1.29 is 18.1 Å². The van der Waals surface area contributed by atoms with Crippen LogP contribution in [0.3, 0.4) is 0 Å². The predicted octanol–water partition coefficient (Wildman–Crippen LogP) is 2.14. The molecule has 0 radical (unpaired) electrons. The van der Waals surface area contributed by atoms with Crippen LogP contribution in [0.2, 0.25) is 10.0 Å². The molecule has 0 spiro atoms. The van der Waals surface area contributed by atoms with Gasteiger partial charge in [0.05, 0.1) is 31.1 Å². The summed E-state index contributed by atoms with van der Waals surface area (Å²) in [6, 6.07) is 10.3. The molecule has 1 fully saturated rings. The van der Waals surface area contributed by atoms with E-state index < -0.39 is 10.0 Å². The van der Waals surface area contributed by atoms with Crippen molar-refractivity contribution in [1.29, 1.82) is 0 Å². The van der Waals surface area contributed by atoms with Gasteiger partial charge < -0.3 is 10.2 Å². The number of carbonyl (C=O) groups is 1. The molecule has 2 aromatic carbocycles. The fourth-order valence-corrected chi connectivity index (χ4v) is 5.68. The Hall–Kier alpha value is -1.64.